The highest BCUT2D eigenvalue weighted by Gasteiger charge is 2.62. The van der Waals surface area contributed by atoms with Crippen LogP contribution in [0.5, 0.6) is 0 Å². The van der Waals surface area contributed by atoms with E-state index in [1.165, 1.54) is 19.3 Å². The highest BCUT2D eigenvalue weighted by atomic mass is 16.2. The van der Waals surface area contributed by atoms with E-state index in [1.807, 2.05) is 35.9 Å². The molecule has 1 aromatic carbocycles. The van der Waals surface area contributed by atoms with E-state index in [0.29, 0.717) is 43.9 Å². The molecule has 1 spiro atoms. The van der Waals surface area contributed by atoms with Gasteiger partial charge in [-0.05, 0) is 74.1 Å². The third kappa shape index (κ3) is 3.96. The predicted octanol–water partition coefficient (Wildman–Crippen LogP) is 4.57. The Morgan fingerprint density at radius 1 is 1.09 bits per heavy atom. The fourth-order valence-electron chi connectivity index (χ4n) is 6.19. The Labute approximate surface area is 197 Å². The summed E-state index contributed by atoms with van der Waals surface area (Å²) in [6.07, 6.45) is 9.80. The van der Waals surface area contributed by atoms with Crippen LogP contribution in [0.4, 0.5) is 0 Å². The lowest BCUT2D eigenvalue weighted by atomic mass is 9.78. The van der Waals surface area contributed by atoms with Crippen LogP contribution in [0.1, 0.15) is 51.5 Å². The van der Waals surface area contributed by atoms with E-state index in [2.05, 4.69) is 35.3 Å². The van der Waals surface area contributed by atoms with Gasteiger partial charge in [0.05, 0.1) is 5.41 Å². The first-order valence-electron chi connectivity index (χ1n) is 12.6. The first-order chi connectivity index (χ1) is 16.0. The van der Waals surface area contributed by atoms with Crippen LogP contribution in [0.15, 0.2) is 48.8 Å². The van der Waals surface area contributed by atoms with Gasteiger partial charge in [0.2, 0.25) is 11.8 Å². The van der Waals surface area contributed by atoms with Crippen molar-refractivity contribution >= 4 is 11.8 Å². The molecule has 0 bridgehead atoms. The van der Waals surface area contributed by atoms with Gasteiger partial charge in [-0.2, -0.15) is 0 Å². The maximum atomic E-state index is 13.8. The third-order valence-corrected chi connectivity index (χ3v) is 8.47. The SMILES string of the molecule is CCN(CC)C(=O)[C@]1(Cc2cccc(-c3cccnc3)c2)CCN(C(=O)[C@@H]2CC23CCC3)C1. The van der Waals surface area contributed by atoms with Crippen molar-refractivity contribution in [3.63, 3.8) is 0 Å². The van der Waals surface area contributed by atoms with E-state index in [0.717, 1.165) is 29.5 Å². The van der Waals surface area contributed by atoms with Crippen molar-refractivity contribution in [2.24, 2.45) is 16.7 Å². The molecule has 2 amide bonds. The molecule has 2 aromatic rings. The molecule has 0 unspecified atom stereocenters. The van der Waals surface area contributed by atoms with Gasteiger partial charge < -0.3 is 9.80 Å². The predicted molar refractivity (Wildman–Crippen MR) is 129 cm³/mol. The zero-order valence-corrected chi connectivity index (χ0v) is 19.9. The number of benzene rings is 1. The number of carbonyl (C=O) groups is 2. The number of amides is 2. The maximum Gasteiger partial charge on any atom is 0.230 e. The van der Waals surface area contributed by atoms with E-state index in [9.17, 15) is 9.59 Å². The van der Waals surface area contributed by atoms with E-state index in [1.54, 1.807) is 6.20 Å². The Morgan fingerprint density at radius 2 is 1.88 bits per heavy atom. The quantitative estimate of drug-likeness (QED) is 0.627. The zero-order chi connectivity index (χ0) is 23.1. The van der Waals surface area contributed by atoms with Crippen LogP contribution < -0.4 is 0 Å². The van der Waals surface area contributed by atoms with Gasteiger partial charge in [-0.3, -0.25) is 14.6 Å². The van der Waals surface area contributed by atoms with Gasteiger partial charge in [-0.1, -0.05) is 36.8 Å². The van der Waals surface area contributed by atoms with Gasteiger partial charge in [-0.25, -0.2) is 0 Å². The molecule has 174 valence electrons. The van der Waals surface area contributed by atoms with E-state index >= 15 is 0 Å². The largest absolute Gasteiger partial charge is 0.343 e. The van der Waals surface area contributed by atoms with Crippen molar-refractivity contribution in [2.45, 2.75) is 52.4 Å². The topological polar surface area (TPSA) is 53.5 Å². The van der Waals surface area contributed by atoms with Crippen LogP contribution in [-0.4, -0.2) is 52.8 Å². The summed E-state index contributed by atoms with van der Waals surface area (Å²) in [6, 6.07) is 12.5. The average molecular weight is 446 g/mol. The molecule has 5 heteroatoms. The fraction of sp³-hybridized carbons (Fsp3) is 0.536. The Bertz CT molecular complexity index is 1030. The van der Waals surface area contributed by atoms with Crippen molar-refractivity contribution in [3.8, 4) is 11.1 Å². The lowest BCUT2D eigenvalue weighted by Gasteiger charge is -2.34. The second-order valence-corrected chi connectivity index (χ2v) is 10.4. The summed E-state index contributed by atoms with van der Waals surface area (Å²) in [5.41, 5.74) is 3.11. The molecule has 2 atom stereocenters. The van der Waals surface area contributed by atoms with Crippen LogP contribution in [-0.2, 0) is 16.0 Å². The molecule has 1 aromatic heterocycles. The number of carbonyl (C=O) groups excluding carboxylic acids is 2. The van der Waals surface area contributed by atoms with E-state index in [4.69, 9.17) is 0 Å². The number of pyridine rings is 1. The number of hydrogen-bond acceptors (Lipinski definition) is 3. The number of likely N-dealkylation sites (tertiary alicyclic amines) is 1. The Morgan fingerprint density at radius 3 is 2.52 bits per heavy atom. The second-order valence-electron chi connectivity index (χ2n) is 10.4. The molecular formula is C28H35N3O2. The standard InChI is InChI=1S/C28H35N3O2/c1-3-30(4-2)26(33)28(13-15-31(20-28)25(32)24-18-27(24)11-7-12-27)17-21-8-5-9-22(16-21)23-10-6-14-29-19-23/h5-6,8-10,14,16,19,24H,3-4,7,11-13,15,17-18,20H2,1-2H3/t24-,28-/m0/s1. The highest BCUT2D eigenvalue weighted by molar-refractivity contribution is 5.88. The van der Waals surface area contributed by atoms with Crippen molar-refractivity contribution < 1.29 is 9.59 Å². The number of nitrogens with zero attached hydrogens (tertiary/aromatic N) is 3. The van der Waals surface area contributed by atoms with E-state index in [-0.39, 0.29) is 11.8 Å². The van der Waals surface area contributed by atoms with Crippen LogP contribution in [0.3, 0.4) is 0 Å². The molecule has 1 saturated heterocycles. The van der Waals surface area contributed by atoms with Crippen molar-refractivity contribution in [1.82, 2.24) is 14.8 Å². The Kier molecular flexibility index (Phi) is 5.75. The Hall–Kier alpha value is -2.69. The van der Waals surface area contributed by atoms with E-state index < -0.39 is 5.41 Å². The summed E-state index contributed by atoms with van der Waals surface area (Å²) in [5, 5.41) is 0. The summed E-state index contributed by atoms with van der Waals surface area (Å²) < 4.78 is 0. The molecular weight excluding hydrogens is 410 g/mol. The lowest BCUT2D eigenvalue weighted by molar-refractivity contribution is -0.142. The van der Waals surface area contributed by atoms with Gasteiger partial charge in [0.1, 0.15) is 0 Å². The number of rotatable bonds is 7. The number of aromatic nitrogens is 1. The minimum atomic E-state index is -0.545. The highest BCUT2D eigenvalue weighted by Crippen LogP contribution is 2.66. The van der Waals surface area contributed by atoms with Crippen molar-refractivity contribution in [1.29, 1.82) is 0 Å². The molecule has 0 radical (unpaired) electrons. The normalized spacial score (nSPS) is 25.0. The van der Waals surface area contributed by atoms with Crippen LogP contribution in [0.25, 0.3) is 11.1 Å². The first kappa shape index (κ1) is 22.1. The number of hydrogen-bond donors (Lipinski definition) is 0. The lowest BCUT2D eigenvalue weighted by Crippen LogP contribution is -2.47. The summed E-state index contributed by atoms with van der Waals surface area (Å²) in [7, 11) is 0. The molecule has 5 rings (SSSR count). The summed E-state index contributed by atoms with van der Waals surface area (Å²) >= 11 is 0. The fourth-order valence-corrected chi connectivity index (χ4v) is 6.19. The van der Waals surface area contributed by atoms with Gasteiger partial charge in [0, 0.05) is 44.5 Å². The first-order valence-corrected chi connectivity index (χ1v) is 12.6. The summed E-state index contributed by atoms with van der Waals surface area (Å²) in [5.74, 6) is 0.705. The zero-order valence-electron chi connectivity index (χ0n) is 19.9. The summed E-state index contributed by atoms with van der Waals surface area (Å²) in [6.45, 7) is 6.73. The van der Waals surface area contributed by atoms with Crippen LogP contribution >= 0.6 is 0 Å². The molecule has 0 N–H and O–H groups in total. The van der Waals surface area contributed by atoms with Crippen LogP contribution in [0.2, 0.25) is 0 Å². The summed E-state index contributed by atoms with van der Waals surface area (Å²) in [4.78, 5) is 35.4. The molecule has 3 fully saturated rings. The van der Waals surface area contributed by atoms with Gasteiger partial charge in [0.15, 0.2) is 0 Å². The minimum Gasteiger partial charge on any atom is -0.343 e. The van der Waals surface area contributed by atoms with Gasteiger partial charge >= 0.3 is 0 Å². The third-order valence-electron chi connectivity index (χ3n) is 8.47. The van der Waals surface area contributed by atoms with Gasteiger partial charge in [0.25, 0.3) is 0 Å². The Balaban J connectivity index is 1.40. The second kappa shape index (κ2) is 8.58. The molecule has 1 aliphatic heterocycles. The smallest absolute Gasteiger partial charge is 0.230 e. The maximum absolute atomic E-state index is 13.8. The average Bonchev–Trinajstić information content (AvgIpc) is 3.47. The molecule has 2 saturated carbocycles. The molecule has 2 heterocycles. The molecule has 2 aliphatic carbocycles. The molecule has 3 aliphatic rings. The van der Waals surface area contributed by atoms with Crippen molar-refractivity contribution in [3.05, 3.63) is 54.4 Å². The van der Waals surface area contributed by atoms with Crippen LogP contribution in [0, 0.1) is 16.7 Å². The molecule has 5 nitrogen and oxygen atoms in total. The van der Waals surface area contributed by atoms with Crippen molar-refractivity contribution in [2.75, 3.05) is 26.2 Å². The molecule has 33 heavy (non-hydrogen) atoms. The minimum absolute atomic E-state index is 0.198. The monoisotopic (exact) mass is 445 g/mol. The van der Waals surface area contributed by atoms with Gasteiger partial charge in [-0.15, -0.1) is 0 Å².